The minimum atomic E-state index is -3.40. The molecule has 0 saturated heterocycles. The summed E-state index contributed by atoms with van der Waals surface area (Å²) in [6, 6.07) is -1.41. The van der Waals surface area contributed by atoms with Crippen molar-refractivity contribution < 1.29 is 53.3 Å². The van der Waals surface area contributed by atoms with Crippen LogP contribution in [0.1, 0.15) is 72.3 Å². The number of nitrogens with zero attached hydrogens (tertiary/aromatic N) is 2. The first-order chi connectivity index (χ1) is 19.7. The fourth-order valence-electron chi connectivity index (χ4n) is 4.73. The van der Waals surface area contributed by atoms with Crippen LogP contribution in [0.25, 0.3) is 0 Å². The number of nitrogens with one attached hydrogen (secondary N) is 1. The molecule has 0 aliphatic carbocycles. The molecule has 0 radical (unpaired) electrons. The first kappa shape index (κ1) is 31.8. The van der Waals surface area contributed by atoms with Gasteiger partial charge in [0.05, 0.1) is 6.04 Å². The van der Waals surface area contributed by atoms with Gasteiger partial charge < -0.3 is 35.5 Å². The van der Waals surface area contributed by atoms with Crippen molar-refractivity contribution in [1.29, 1.82) is 0 Å². The number of carbonyl (C=O) groups excluding carboxylic acids is 5. The van der Waals surface area contributed by atoms with E-state index in [4.69, 9.17) is 4.11 Å². The molecule has 0 aliphatic rings. The van der Waals surface area contributed by atoms with E-state index >= 15 is 4.79 Å². The summed E-state index contributed by atoms with van der Waals surface area (Å²) in [6.45, 7) is 9.33. The van der Waals surface area contributed by atoms with Crippen molar-refractivity contribution in [1.82, 2.24) is 15.1 Å². The highest BCUT2D eigenvalue weighted by molar-refractivity contribution is 6.30. The summed E-state index contributed by atoms with van der Waals surface area (Å²) in [6.07, 6.45) is -4.10. The number of rotatable bonds is 16. The van der Waals surface area contributed by atoms with Crippen LogP contribution >= 0.6 is 0 Å². The third kappa shape index (κ3) is 5.97. The molecule has 0 aliphatic heterocycles. The lowest BCUT2D eigenvalue weighted by Gasteiger charge is -2.53. The number of carbonyl (C=O) groups is 6. The number of hydrogen-bond donors (Lipinski definition) is 5. The van der Waals surface area contributed by atoms with Crippen molar-refractivity contribution in [3.63, 3.8) is 0 Å². The van der Waals surface area contributed by atoms with E-state index in [9.17, 15) is 44.4 Å². The second kappa shape index (κ2) is 13.7. The Labute approximate surface area is 240 Å². The monoisotopic (exact) mass is 576 g/mol. The Morgan fingerprint density at radius 1 is 0.800 bits per heavy atom. The third-order valence-corrected chi connectivity index (χ3v) is 7.72. The highest BCUT2D eigenvalue weighted by Crippen LogP contribution is 2.42. The zero-order chi connectivity index (χ0) is 34.2. The van der Waals surface area contributed by atoms with Crippen molar-refractivity contribution >= 4 is 35.1 Å². The molecule has 230 valence electrons. The van der Waals surface area contributed by atoms with Crippen LogP contribution in [0.4, 0.5) is 0 Å². The van der Waals surface area contributed by atoms with Gasteiger partial charge in [0.25, 0.3) is 11.8 Å². The molecule has 0 bridgehead atoms. The van der Waals surface area contributed by atoms with Crippen LogP contribution in [-0.2, 0) is 28.8 Å². The molecule has 0 rings (SSSR count). The van der Waals surface area contributed by atoms with Gasteiger partial charge in [0, 0.05) is 18.2 Å². The van der Waals surface area contributed by atoms with E-state index in [0.717, 1.165) is 13.8 Å². The van der Waals surface area contributed by atoms with Gasteiger partial charge in [-0.1, -0.05) is 40.5 Å². The van der Waals surface area contributed by atoms with Crippen LogP contribution < -0.4 is 5.32 Å². The average molecular weight is 577 g/mol. The molecular formula is C27H47N3O10. The lowest BCUT2D eigenvalue weighted by Crippen LogP contribution is -2.80. The summed E-state index contributed by atoms with van der Waals surface area (Å²) in [4.78, 5) is 84.2. The summed E-state index contributed by atoms with van der Waals surface area (Å²) in [5, 5.41) is 43.9. The van der Waals surface area contributed by atoms with Gasteiger partial charge in [-0.05, 0) is 46.6 Å². The first-order valence-electron chi connectivity index (χ1n) is 15.0. The topological polar surface area (TPSA) is 202 Å². The molecule has 5 N–H and O–H groups in total. The van der Waals surface area contributed by atoms with Gasteiger partial charge in [-0.2, -0.15) is 0 Å². The standard InChI is InChI=1S/C27H47N3O10/c1-12-14(3)26(19(33)16(5)28-9,29(10)20(34)17(6)31)23(37)27(15(4)13-2,30(11)21(35)18(7)32)22(36)25(8,40)24(38)39/h14-18,28,31-32,40H,12-13H2,1-11H3,(H,38,39)/t14-,15+,16-,17-,18-,25+,26+,27-/m0/s1/i9D,10D,11D. The molecule has 8 atom stereocenters. The van der Waals surface area contributed by atoms with E-state index in [2.05, 4.69) is 5.32 Å². The summed E-state index contributed by atoms with van der Waals surface area (Å²) in [7, 11) is -2.92. The van der Waals surface area contributed by atoms with Crippen molar-refractivity contribution in [2.75, 3.05) is 21.1 Å². The highest BCUT2D eigenvalue weighted by Gasteiger charge is 2.69. The second-order valence-corrected chi connectivity index (χ2v) is 10.4. The minimum Gasteiger partial charge on any atom is -0.479 e. The van der Waals surface area contributed by atoms with Crippen LogP contribution in [-0.4, -0.2) is 121 Å². The maximum atomic E-state index is 15.5. The Balaban J connectivity index is 8.87. The fourth-order valence-corrected chi connectivity index (χ4v) is 4.73. The number of aliphatic hydroxyl groups excluding tert-OH is 2. The van der Waals surface area contributed by atoms with E-state index in [1.54, 1.807) is 0 Å². The van der Waals surface area contributed by atoms with E-state index in [1.165, 1.54) is 34.6 Å². The molecule has 0 aromatic carbocycles. The Morgan fingerprint density at radius 2 is 1.20 bits per heavy atom. The van der Waals surface area contributed by atoms with Crippen LogP contribution in [0.5, 0.6) is 0 Å². The summed E-state index contributed by atoms with van der Waals surface area (Å²) < 4.78 is 24.0. The Bertz CT molecular complexity index is 1060. The number of hydrogen-bond acceptors (Lipinski definition) is 10. The van der Waals surface area contributed by atoms with Gasteiger partial charge in [-0.15, -0.1) is 0 Å². The average Bonchev–Trinajstić information content (AvgIpc) is 2.95. The van der Waals surface area contributed by atoms with Crippen molar-refractivity contribution in [2.24, 2.45) is 11.8 Å². The molecule has 13 heteroatoms. The van der Waals surface area contributed by atoms with Crippen molar-refractivity contribution in [2.45, 2.75) is 103 Å². The maximum Gasteiger partial charge on any atom is 0.343 e. The molecule has 0 fully saturated rings. The number of aliphatic carboxylic acids is 1. The molecule has 2 amide bonds. The van der Waals surface area contributed by atoms with Crippen LogP contribution in [0.3, 0.4) is 0 Å². The molecule has 0 aromatic heterocycles. The molecule has 0 spiro atoms. The SMILES string of the molecule is [2H]CN[C@@H](C)C(=O)[C@@](C(=O)[C@@](C(=O)[C@@](C)(O)C(=O)O)([C@H](C)CC)N(C[2H])C(=O)[C@H](C)O)([C@@H](C)CC)N(C[2H])C(=O)[C@H](C)O. The van der Waals surface area contributed by atoms with Gasteiger partial charge in [-0.3, -0.25) is 24.0 Å². The number of likely N-dealkylation sites (N-methyl/N-ethyl adjacent to an activating group) is 3. The zero-order valence-corrected chi connectivity index (χ0v) is 24.6. The van der Waals surface area contributed by atoms with E-state index < -0.39 is 103 Å². The Kier molecular flexibility index (Phi) is 10.9. The van der Waals surface area contributed by atoms with Gasteiger partial charge in [0.2, 0.25) is 11.4 Å². The van der Waals surface area contributed by atoms with Crippen LogP contribution in [0.2, 0.25) is 0 Å². The largest absolute Gasteiger partial charge is 0.479 e. The number of aliphatic hydroxyl groups is 3. The highest BCUT2D eigenvalue weighted by atomic mass is 16.4. The van der Waals surface area contributed by atoms with Crippen LogP contribution in [0.15, 0.2) is 0 Å². The number of ketones is 3. The Morgan fingerprint density at radius 3 is 1.52 bits per heavy atom. The summed E-state index contributed by atoms with van der Waals surface area (Å²) in [5.74, 6) is -12.1. The van der Waals surface area contributed by atoms with E-state index in [0.29, 0.717) is 11.8 Å². The summed E-state index contributed by atoms with van der Waals surface area (Å²) in [5.41, 5.74) is -9.48. The number of carboxylic acids is 1. The lowest BCUT2D eigenvalue weighted by atomic mass is 9.60. The third-order valence-electron chi connectivity index (χ3n) is 7.72. The van der Waals surface area contributed by atoms with Crippen LogP contribution in [0, 0.1) is 11.8 Å². The fraction of sp³-hybridized carbons (Fsp3) is 0.778. The predicted octanol–water partition coefficient (Wildman–Crippen LogP) is -0.615. The number of amides is 2. The van der Waals surface area contributed by atoms with Crippen molar-refractivity contribution in [3.8, 4) is 0 Å². The predicted molar refractivity (Wildman–Crippen MR) is 145 cm³/mol. The molecule has 0 saturated carbocycles. The Hall–Kier alpha value is -2.74. The van der Waals surface area contributed by atoms with Gasteiger partial charge >= 0.3 is 5.97 Å². The first-order valence-corrected chi connectivity index (χ1v) is 12.9. The zero-order valence-electron chi connectivity index (χ0n) is 27.6. The quantitative estimate of drug-likeness (QED) is 0.147. The minimum absolute atomic E-state index is 0.0833. The van der Waals surface area contributed by atoms with Crippen molar-refractivity contribution in [3.05, 3.63) is 0 Å². The van der Waals surface area contributed by atoms with Gasteiger partial charge in [-0.25, -0.2) is 4.79 Å². The molecule has 0 unspecified atom stereocenters. The van der Waals surface area contributed by atoms with Gasteiger partial charge in [0.1, 0.15) is 12.2 Å². The molecule has 0 heterocycles. The second-order valence-electron chi connectivity index (χ2n) is 10.4. The molecular weight excluding hydrogens is 526 g/mol. The smallest absolute Gasteiger partial charge is 0.343 e. The lowest BCUT2D eigenvalue weighted by molar-refractivity contribution is -0.182. The number of carboxylic acid groups (broad SMARTS) is 1. The number of Topliss-reactive ketones (excluding diaryl/α,β-unsaturated/α-hetero) is 3. The van der Waals surface area contributed by atoms with E-state index in [-0.39, 0.29) is 17.7 Å². The molecule has 40 heavy (non-hydrogen) atoms. The van der Waals surface area contributed by atoms with E-state index in [1.807, 2.05) is 0 Å². The van der Waals surface area contributed by atoms with Gasteiger partial charge in [0.15, 0.2) is 22.6 Å². The summed E-state index contributed by atoms with van der Waals surface area (Å²) >= 11 is 0. The maximum absolute atomic E-state index is 15.5. The molecule has 0 aromatic rings. The molecule has 13 nitrogen and oxygen atoms in total. The normalized spacial score (nSPS) is 20.8.